The van der Waals surface area contributed by atoms with Crippen LogP contribution in [-0.2, 0) is 9.84 Å². The highest BCUT2D eigenvalue weighted by molar-refractivity contribution is 8.00. The average molecular weight is 399 g/mol. The Morgan fingerprint density at radius 3 is 2.30 bits per heavy atom. The topological polar surface area (TPSA) is 76.1 Å². The molecule has 0 radical (unpaired) electrons. The Morgan fingerprint density at radius 2 is 1.59 bits per heavy atom. The molecule has 5 nitrogen and oxygen atoms in total. The highest BCUT2D eigenvalue weighted by Gasteiger charge is 2.16. The van der Waals surface area contributed by atoms with E-state index < -0.39 is 9.84 Å². The fourth-order valence-corrected chi connectivity index (χ4v) is 5.06. The molecule has 0 aliphatic carbocycles. The lowest BCUT2D eigenvalue weighted by Gasteiger charge is -2.09. The van der Waals surface area contributed by atoms with Gasteiger partial charge >= 0.3 is 0 Å². The number of benzene rings is 2. The molecule has 1 aromatic heterocycles. The first-order chi connectivity index (χ1) is 13.1. The van der Waals surface area contributed by atoms with Gasteiger partial charge in [-0.3, -0.25) is 4.79 Å². The van der Waals surface area contributed by atoms with Gasteiger partial charge in [0, 0.05) is 17.6 Å². The number of nitrogens with one attached hydrogen (secondary N) is 1. The van der Waals surface area contributed by atoms with E-state index in [1.165, 1.54) is 11.8 Å². The number of carbonyl (C=O) groups is 1. The maximum atomic E-state index is 12.5. The molecule has 0 fully saturated rings. The quantitative estimate of drug-likeness (QED) is 0.611. The molecule has 0 aliphatic rings. The van der Waals surface area contributed by atoms with Crippen molar-refractivity contribution in [2.75, 3.05) is 16.8 Å². The first-order valence-electron chi connectivity index (χ1n) is 8.28. The first kappa shape index (κ1) is 19.1. The summed E-state index contributed by atoms with van der Waals surface area (Å²) in [5, 5.41) is 3.33. The van der Waals surface area contributed by atoms with Crippen molar-refractivity contribution in [2.24, 2.45) is 0 Å². The van der Waals surface area contributed by atoms with Gasteiger partial charge in [0.05, 0.1) is 16.2 Å². The van der Waals surface area contributed by atoms with Crippen LogP contribution in [0.1, 0.15) is 10.4 Å². The number of pyridine rings is 1. The Kier molecular flexibility index (Phi) is 6.26. The molecule has 1 amide bonds. The largest absolute Gasteiger partial charge is 0.322 e. The van der Waals surface area contributed by atoms with E-state index in [0.29, 0.717) is 26.9 Å². The van der Waals surface area contributed by atoms with Crippen LogP contribution >= 0.6 is 11.8 Å². The Balaban J connectivity index is 1.67. The molecule has 138 valence electrons. The van der Waals surface area contributed by atoms with Crippen LogP contribution in [0.3, 0.4) is 0 Å². The van der Waals surface area contributed by atoms with Crippen LogP contribution in [-0.4, -0.2) is 30.8 Å². The van der Waals surface area contributed by atoms with Gasteiger partial charge in [0.15, 0.2) is 9.84 Å². The predicted octanol–water partition coefficient (Wildman–Crippen LogP) is 3.90. The SMILES string of the molecule is O=C(Nc1ccccc1)c1cccnc1SCCS(=O)(=O)c1ccccc1. The van der Waals surface area contributed by atoms with E-state index in [2.05, 4.69) is 10.3 Å². The highest BCUT2D eigenvalue weighted by Crippen LogP contribution is 2.22. The third kappa shape index (κ3) is 5.18. The van der Waals surface area contributed by atoms with Gasteiger partial charge in [-0.25, -0.2) is 13.4 Å². The van der Waals surface area contributed by atoms with Crippen molar-refractivity contribution >= 4 is 33.2 Å². The molecule has 0 bridgehead atoms. The number of thioether (sulfide) groups is 1. The maximum absolute atomic E-state index is 12.5. The zero-order valence-electron chi connectivity index (χ0n) is 14.4. The van der Waals surface area contributed by atoms with Crippen molar-refractivity contribution in [3.63, 3.8) is 0 Å². The lowest BCUT2D eigenvalue weighted by molar-refractivity contribution is 0.102. The van der Waals surface area contributed by atoms with Gasteiger partial charge < -0.3 is 5.32 Å². The van der Waals surface area contributed by atoms with Crippen LogP contribution in [0.15, 0.2) is 88.9 Å². The number of hydrogen-bond donors (Lipinski definition) is 1. The second-order valence-electron chi connectivity index (χ2n) is 5.66. The molecule has 2 aromatic carbocycles. The maximum Gasteiger partial charge on any atom is 0.258 e. The number of rotatable bonds is 7. The lowest BCUT2D eigenvalue weighted by Crippen LogP contribution is -2.14. The fraction of sp³-hybridized carbons (Fsp3) is 0.100. The molecule has 0 aliphatic heterocycles. The van der Waals surface area contributed by atoms with Gasteiger partial charge in [-0.05, 0) is 36.4 Å². The van der Waals surface area contributed by atoms with Gasteiger partial charge in [0.2, 0.25) is 0 Å². The molecular formula is C20H18N2O3S2. The minimum atomic E-state index is -3.36. The molecule has 0 saturated heterocycles. The monoisotopic (exact) mass is 398 g/mol. The molecule has 3 aromatic rings. The van der Waals surface area contributed by atoms with Gasteiger partial charge in [-0.15, -0.1) is 11.8 Å². The molecule has 1 N–H and O–H groups in total. The Hall–Kier alpha value is -2.64. The van der Waals surface area contributed by atoms with Crippen LogP contribution in [0.4, 0.5) is 5.69 Å². The molecular weight excluding hydrogens is 380 g/mol. The first-order valence-corrected chi connectivity index (χ1v) is 10.9. The van der Waals surface area contributed by atoms with E-state index in [9.17, 15) is 13.2 Å². The van der Waals surface area contributed by atoms with Crippen LogP contribution < -0.4 is 5.32 Å². The minimum absolute atomic E-state index is 0.0298. The van der Waals surface area contributed by atoms with E-state index in [1.807, 2.05) is 18.2 Å². The summed E-state index contributed by atoms with van der Waals surface area (Å²) in [6.45, 7) is 0. The number of aromatic nitrogens is 1. The molecule has 1 heterocycles. The number of nitrogens with zero attached hydrogens (tertiary/aromatic N) is 1. The molecule has 0 unspecified atom stereocenters. The van der Waals surface area contributed by atoms with Crippen molar-refractivity contribution in [3.8, 4) is 0 Å². The third-order valence-electron chi connectivity index (χ3n) is 3.74. The normalized spacial score (nSPS) is 11.1. The Bertz CT molecular complexity index is 1010. The smallest absolute Gasteiger partial charge is 0.258 e. The summed E-state index contributed by atoms with van der Waals surface area (Å²) in [6, 6.07) is 20.8. The summed E-state index contributed by atoms with van der Waals surface area (Å²) in [4.78, 5) is 17.1. The summed E-state index contributed by atoms with van der Waals surface area (Å²) < 4.78 is 24.7. The average Bonchev–Trinajstić information content (AvgIpc) is 2.70. The van der Waals surface area contributed by atoms with Crippen molar-refractivity contribution in [1.82, 2.24) is 4.98 Å². The molecule has 27 heavy (non-hydrogen) atoms. The number of sulfone groups is 1. The number of amides is 1. The van der Waals surface area contributed by atoms with E-state index >= 15 is 0 Å². The zero-order valence-corrected chi connectivity index (χ0v) is 16.0. The zero-order chi connectivity index (χ0) is 19.1. The third-order valence-corrected chi connectivity index (χ3v) is 6.74. The van der Waals surface area contributed by atoms with E-state index in [-0.39, 0.29) is 11.7 Å². The molecule has 7 heteroatoms. The molecule has 3 rings (SSSR count). The van der Waals surface area contributed by atoms with Gasteiger partial charge in [0.1, 0.15) is 5.03 Å². The summed E-state index contributed by atoms with van der Waals surface area (Å²) in [5.74, 6) is 0.000389. The standard InChI is InChI=1S/C20H18N2O3S2/c23-19(22-16-8-3-1-4-9-16)18-12-7-13-21-20(18)26-14-15-27(24,25)17-10-5-2-6-11-17/h1-13H,14-15H2,(H,22,23). The van der Waals surface area contributed by atoms with Crippen molar-refractivity contribution in [2.45, 2.75) is 9.92 Å². The summed E-state index contributed by atoms with van der Waals surface area (Å²) in [6.07, 6.45) is 1.59. The predicted molar refractivity (Wildman–Crippen MR) is 108 cm³/mol. The van der Waals surface area contributed by atoms with E-state index in [0.717, 1.165) is 0 Å². The molecule has 0 saturated carbocycles. The lowest BCUT2D eigenvalue weighted by atomic mass is 10.2. The Labute approximate surface area is 162 Å². The summed E-state index contributed by atoms with van der Waals surface area (Å²) in [7, 11) is -3.36. The van der Waals surface area contributed by atoms with Crippen LogP contribution in [0.25, 0.3) is 0 Å². The van der Waals surface area contributed by atoms with Gasteiger partial charge in [-0.2, -0.15) is 0 Å². The second-order valence-corrected chi connectivity index (χ2v) is 8.85. The molecule has 0 atom stereocenters. The summed E-state index contributed by atoms with van der Waals surface area (Å²) >= 11 is 1.26. The highest BCUT2D eigenvalue weighted by atomic mass is 32.2. The number of hydrogen-bond acceptors (Lipinski definition) is 5. The van der Waals surface area contributed by atoms with Crippen molar-refractivity contribution in [3.05, 3.63) is 84.6 Å². The van der Waals surface area contributed by atoms with E-state index in [4.69, 9.17) is 0 Å². The number of anilines is 1. The summed E-state index contributed by atoms with van der Waals surface area (Å²) in [5.41, 5.74) is 1.11. The Morgan fingerprint density at radius 1 is 0.926 bits per heavy atom. The van der Waals surface area contributed by atoms with Gasteiger partial charge in [-0.1, -0.05) is 36.4 Å². The van der Waals surface area contributed by atoms with Gasteiger partial charge in [0.25, 0.3) is 5.91 Å². The fourth-order valence-electron chi connectivity index (χ4n) is 2.39. The van der Waals surface area contributed by atoms with Crippen molar-refractivity contribution < 1.29 is 13.2 Å². The second kappa shape index (κ2) is 8.83. The van der Waals surface area contributed by atoms with E-state index in [1.54, 1.807) is 60.8 Å². The van der Waals surface area contributed by atoms with Crippen LogP contribution in [0.5, 0.6) is 0 Å². The van der Waals surface area contributed by atoms with Crippen molar-refractivity contribution in [1.29, 1.82) is 0 Å². The van der Waals surface area contributed by atoms with Crippen LogP contribution in [0.2, 0.25) is 0 Å². The molecule has 0 spiro atoms. The minimum Gasteiger partial charge on any atom is -0.322 e. The van der Waals surface area contributed by atoms with Crippen LogP contribution in [0, 0.1) is 0 Å². The number of carbonyl (C=O) groups excluding carboxylic acids is 1. The number of para-hydroxylation sites is 1.